The Morgan fingerprint density at radius 2 is 1.44 bits per heavy atom. The van der Waals surface area contributed by atoms with E-state index in [0.29, 0.717) is 23.7 Å². The Morgan fingerprint density at radius 3 is 1.80 bits per heavy atom. The number of esters is 2. The van der Waals surface area contributed by atoms with Gasteiger partial charge in [0.1, 0.15) is 0 Å². The standard InChI is InChI=1S/C18H24O7/c1-6-24-16(19)18(17(20)25-7-2)10-12(18)11-8-13(21-3)15(23-5)14(9-11)22-4/h8-9,12H,6-7,10H2,1-5H3. The third-order valence-corrected chi connectivity index (χ3v) is 4.33. The Balaban J connectivity index is 2.44. The molecule has 1 aromatic rings. The van der Waals surface area contributed by atoms with Gasteiger partial charge in [-0.3, -0.25) is 9.59 Å². The highest BCUT2D eigenvalue weighted by Crippen LogP contribution is 2.62. The maximum Gasteiger partial charge on any atom is 0.324 e. The summed E-state index contributed by atoms with van der Waals surface area (Å²) in [5, 5.41) is 0. The summed E-state index contributed by atoms with van der Waals surface area (Å²) in [6.45, 7) is 3.80. The van der Waals surface area contributed by atoms with Crippen molar-refractivity contribution >= 4 is 11.9 Å². The molecule has 1 aliphatic carbocycles. The lowest BCUT2D eigenvalue weighted by molar-refractivity contribution is -0.164. The molecule has 25 heavy (non-hydrogen) atoms. The van der Waals surface area contributed by atoms with Crippen LogP contribution in [0.25, 0.3) is 0 Å². The van der Waals surface area contributed by atoms with Crippen molar-refractivity contribution in [2.75, 3.05) is 34.5 Å². The highest BCUT2D eigenvalue weighted by atomic mass is 16.6. The Morgan fingerprint density at radius 1 is 0.960 bits per heavy atom. The molecular formula is C18H24O7. The van der Waals surface area contributed by atoms with Crippen LogP contribution in [0, 0.1) is 5.41 Å². The molecule has 1 fully saturated rings. The Hall–Kier alpha value is -2.44. The number of methoxy groups -OCH3 is 3. The van der Waals surface area contributed by atoms with Crippen molar-refractivity contribution in [3.8, 4) is 17.2 Å². The van der Waals surface area contributed by atoms with Crippen LogP contribution >= 0.6 is 0 Å². The van der Waals surface area contributed by atoms with Crippen LogP contribution in [0.1, 0.15) is 31.7 Å². The van der Waals surface area contributed by atoms with E-state index in [1.54, 1.807) is 26.0 Å². The number of carbonyl (C=O) groups is 2. The second kappa shape index (κ2) is 7.63. The predicted molar refractivity (Wildman–Crippen MR) is 89.2 cm³/mol. The molecule has 1 unspecified atom stereocenters. The van der Waals surface area contributed by atoms with E-state index in [0.717, 1.165) is 5.56 Å². The summed E-state index contributed by atoms with van der Waals surface area (Å²) < 4.78 is 26.2. The average Bonchev–Trinajstić information content (AvgIpc) is 3.38. The van der Waals surface area contributed by atoms with Crippen molar-refractivity contribution in [1.82, 2.24) is 0 Å². The maximum absolute atomic E-state index is 12.4. The third kappa shape index (κ3) is 3.23. The number of benzene rings is 1. The zero-order chi connectivity index (χ0) is 18.6. The van der Waals surface area contributed by atoms with Crippen molar-refractivity contribution in [2.24, 2.45) is 5.41 Å². The van der Waals surface area contributed by atoms with E-state index in [2.05, 4.69) is 0 Å². The molecule has 7 heteroatoms. The van der Waals surface area contributed by atoms with Gasteiger partial charge in [0, 0.05) is 5.92 Å². The van der Waals surface area contributed by atoms with Crippen LogP contribution in [0.5, 0.6) is 17.2 Å². The van der Waals surface area contributed by atoms with Crippen molar-refractivity contribution in [1.29, 1.82) is 0 Å². The Labute approximate surface area is 147 Å². The minimum atomic E-state index is -1.31. The van der Waals surface area contributed by atoms with Gasteiger partial charge in [-0.05, 0) is 38.0 Å². The lowest BCUT2D eigenvalue weighted by Gasteiger charge is -2.17. The fraction of sp³-hybridized carbons (Fsp3) is 0.556. The normalized spacial score (nSPS) is 17.4. The first-order valence-electron chi connectivity index (χ1n) is 8.14. The minimum absolute atomic E-state index is 0.196. The maximum atomic E-state index is 12.4. The highest BCUT2D eigenvalue weighted by Gasteiger charge is 2.68. The first kappa shape index (κ1) is 18.9. The van der Waals surface area contributed by atoms with E-state index in [1.807, 2.05) is 0 Å². The number of rotatable bonds is 8. The Bertz CT molecular complexity index is 610. The van der Waals surface area contributed by atoms with Crippen molar-refractivity contribution < 1.29 is 33.3 Å². The first-order chi connectivity index (χ1) is 12.0. The molecule has 1 aromatic carbocycles. The molecule has 0 amide bonds. The minimum Gasteiger partial charge on any atom is -0.493 e. The Kier molecular flexibility index (Phi) is 5.77. The van der Waals surface area contributed by atoms with Gasteiger partial charge in [-0.15, -0.1) is 0 Å². The summed E-state index contributed by atoms with van der Waals surface area (Å²) in [5.41, 5.74) is -0.577. The molecule has 0 saturated heterocycles. The zero-order valence-electron chi connectivity index (χ0n) is 15.2. The van der Waals surface area contributed by atoms with Gasteiger partial charge in [0.2, 0.25) is 5.75 Å². The van der Waals surface area contributed by atoms with Gasteiger partial charge in [0.25, 0.3) is 0 Å². The molecule has 7 nitrogen and oxygen atoms in total. The topological polar surface area (TPSA) is 80.3 Å². The van der Waals surface area contributed by atoms with Crippen molar-refractivity contribution in [3.63, 3.8) is 0 Å². The van der Waals surface area contributed by atoms with Crippen LogP contribution in [0.2, 0.25) is 0 Å². The summed E-state index contributed by atoms with van der Waals surface area (Å²) >= 11 is 0. The molecule has 0 aromatic heterocycles. The van der Waals surface area contributed by atoms with Gasteiger partial charge in [-0.2, -0.15) is 0 Å². The first-order valence-corrected chi connectivity index (χ1v) is 8.14. The highest BCUT2D eigenvalue weighted by molar-refractivity contribution is 6.05. The smallest absolute Gasteiger partial charge is 0.324 e. The number of carbonyl (C=O) groups excluding carboxylic acids is 2. The zero-order valence-corrected chi connectivity index (χ0v) is 15.2. The number of hydrogen-bond donors (Lipinski definition) is 0. The largest absolute Gasteiger partial charge is 0.493 e. The van der Waals surface area contributed by atoms with Crippen molar-refractivity contribution in [2.45, 2.75) is 26.2 Å². The number of hydrogen-bond acceptors (Lipinski definition) is 7. The van der Waals surface area contributed by atoms with E-state index in [9.17, 15) is 9.59 Å². The van der Waals surface area contributed by atoms with E-state index < -0.39 is 17.4 Å². The molecule has 1 atom stereocenters. The number of ether oxygens (including phenoxy) is 5. The monoisotopic (exact) mass is 352 g/mol. The van der Waals surface area contributed by atoms with E-state index in [1.165, 1.54) is 21.3 Å². The summed E-state index contributed by atoms with van der Waals surface area (Å²) in [6.07, 6.45) is 0.323. The molecule has 138 valence electrons. The third-order valence-electron chi connectivity index (χ3n) is 4.33. The molecular weight excluding hydrogens is 328 g/mol. The van der Waals surface area contributed by atoms with Gasteiger partial charge in [0.05, 0.1) is 34.5 Å². The van der Waals surface area contributed by atoms with E-state index in [4.69, 9.17) is 23.7 Å². The SMILES string of the molecule is CCOC(=O)C1(C(=O)OCC)CC1c1cc(OC)c(OC)c(OC)c1. The lowest BCUT2D eigenvalue weighted by Crippen LogP contribution is -2.31. The molecule has 1 saturated carbocycles. The van der Waals surface area contributed by atoms with Gasteiger partial charge < -0.3 is 23.7 Å². The van der Waals surface area contributed by atoms with Gasteiger partial charge >= 0.3 is 11.9 Å². The summed E-state index contributed by atoms with van der Waals surface area (Å²) in [6, 6.07) is 3.48. The van der Waals surface area contributed by atoms with E-state index >= 15 is 0 Å². The van der Waals surface area contributed by atoms with Crippen LogP contribution in [0.3, 0.4) is 0 Å². The average molecular weight is 352 g/mol. The van der Waals surface area contributed by atoms with Crippen LogP contribution in [-0.2, 0) is 19.1 Å². The second-order valence-corrected chi connectivity index (χ2v) is 5.63. The van der Waals surface area contributed by atoms with Gasteiger partial charge in [0.15, 0.2) is 16.9 Å². The van der Waals surface area contributed by atoms with Crippen LogP contribution in [-0.4, -0.2) is 46.5 Å². The van der Waals surface area contributed by atoms with Crippen LogP contribution in [0.4, 0.5) is 0 Å². The molecule has 1 aliphatic rings. The fourth-order valence-electron chi connectivity index (χ4n) is 3.02. The molecule has 0 spiro atoms. The van der Waals surface area contributed by atoms with Gasteiger partial charge in [-0.25, -0.2) is 0 Å². The van der Waals surface area contributed by atoms with Crippen molar-refractivity contribution in [3.05, 3.63) is 17.7 Å². The lowest BCUT2D eigenvalue weighted by atomic mass is 9.98. The second-order valence-electron chi connectivity index (χ2n) is 5.63. The quantitative estimate of drug-likeness (QED) is 0.524. The molecule has 2 rings (SSSR count). The fourth-order valence-corrected chi connectivity index (χ4v) is 3.02. The molecule has 0 aliphatic heterocycles. The molecule has 0 N–H and O–H groups in total. The summed E-state index contributed by atoms with van der Waals surface area (Å²) in [7, 11) is 4.54. The van der Waals surface area contributed by atoms with E-state index in [-0.39, 0.29) is 19.1 Å². The van der Waals surface area contributed by atoms with Crippen LogP contribution in [0.15, 0.2) is 12.1 Å². The van der Waals surface area contributed by atoms with Crippen LogP contribution < -0.4 is 14.2 Å². The van der Waals surface area contributed by atoms with Gasteiger partial charge in [-0.1, -0.05) is 0 Å². The molecule has 0 heterocycles. The molecule has 0 bridgehead atoms. The molecule has 0 radical (unpaired) electrons. The summed E-state index contributed by atoms with van der Waals surface area (Å²) in [5.74, 6) is -0.110. The summed E-state index contributed by atoms with van der Waals surface area (Å²) in [4.78, 5) is 24.9. The predicted octanol–water partition coefficient (Wildman–Crippen LogP) is 2.31.